The molecule has 1 amide bonds. The number of methoxy groups -OCH3 is 1. The van der Waals surface area contributed by atoms with Crippen LogP contribution < -0.4 is 10.1 Å². The average Bonchev–Trinajstić information content (AvgIpc) is 3.15. The van der Waals surface area contributed by atoms with Gasteiger partial charge >= 0.3 is 0 Å². The number of ether oxygens (including phenoxy) is 2. The molecule has 2 aromatic rings. The summed E-state index contributed by atoms with van der Waals surface area (Å²) in [5.74, 6) is -0.878. The van der Waals surface area contributed by atoms with E-state index in [1.54, 1.807) is 0 Å². The van der Waals surface area contributed by atoms with E-state index in [2.05, 4.69) is 10.3 Å². The summed E-state index contributed by atoms with van der Waals surface area (Å²) in [6.07, 6.45) is 1.66. The number of halogens is 1. The summed E-state index contributed by atoms with van der Waals surface area (Å²) in [4.78, 5) is 16.4. The molecule has 0 saturated carbocycles. The van der Waals surface area contributed by atoms with Gasteiger partial charge in [-0.1, -0.05) is 0 Å². The quantitative estimate of drug-likeness (QED) is 0.759. The van der Waals surface area contributed by atoms with Crippen molar-refractivity contribution in [2.45, 2.75) is 11.3 Å². The molecule has 1 fully saturated rings. The van der Waals surface area contributed by atoms with E-state index in [9.17, 15) is 17.6 Å². The lowest BCUT2D eigenvalue weighted by Gasteiger charge is -2.13. The highest BCUT2D eigenvalue weighted by molar-refractivity contribution is 7.91. The molecule has 0 spiro atoms. The van der Waals surface area contributed by atoms with Crippen LogP contribution in [-0.4, -0.2) is 45.4 Å². The van der Waals surface area contributed by atoms with Gasteiger partial charge in [0, 0.05) is 6.61 Å². The minimum atomic E-state index is -3.58. The van der Waals surface area contributed by atoms with Crippen LogP contribution in [-0.2, 0) is 14.6 Å². The van der Waals surface area contributed by atoms with E-state index >= 15 is 0 Å². The minimum Gasteiger partial charge on any atom is -0.496 e. The summed E-state index contributed by atoms with van der Waals surface area (Å²) >= 11 is 0. The first-order valence-corrected chi connectivity index (χ1v) is 9.96. The van der Waals surface area contributed by atoms with Gasteiger partial charge < -0.3 is 14.8 Å². The van der Waals surface area contributed by atoms with Gasteiger partial charge in [-0.05, 0) is 42.7 Å². The lowest BCUT2D eigenvalue weighted by atomic mass is 10.2. The van der Waals surface area contributed by atoms with Gasteiger partial charge in [0.15, 0.2) is 9.84 Å². The molecular weight excluding hydrogens is 407 g/mol. The maximum Gasteiger partial charge on any atom is 0.260 e. The Labute approximate surface area is 169 Å². The summed E-state index contributed by atoms with van der Waals surface area (Å²) in [6.45, 7) is 0.972. The van der Waals surface area contributed by atoms with Gasteiger partial charge in [-0.15, -0.1) is 0 Å². The summed E-state index contributed by atoms with van der Waals surface area (Å²) in [5, 5.41) is 2.50. The number of hydrogen-bond donors (Lipinski definition) is 1. The van der Waals surface area contributed by atoms with Crippen molar-refractivity contribution < 1.29 is 27.1 Å². The van der Waals surface area contributed by atoms with Gasteiger partial charge in [-0.25, -0.2) is 17.8 Å². The topological polar surface area (TPSA) is 94.6 Å². The predicted molar refractivity (Wildman–Crippen MR) is 107 cm³/mol. The molecular formula is C18H21FN2O5S2. The molecule has 10 heteroatoms. The van der Waals surface area contributed by atoms with Crippen molar-refractivity contribution in [3.63, 3.8) is 0 Å². The fraction of sp³-hybridized carbons (Fsp3) is 0.333. The molecule has 1 N–H and O–H groups in total. The third-order valence-corrected chi connectivity index (χ3v) is 6.11. The Morgan fingerprint density at radius 1 is 1.36 bits per heavy atom. The second-order valence-corrected chi connectivity index (χ2v) is 8.22. The number of amides is 1. The summed E-state index contributed by atoms with van der Waals surface area (Å²) in [5.41, 5.74) is 0.0485. The van der Waals surface area contributed by atoms with Crippen molar-refractivity contribution in [2.24, 2.45) is 5.92 Å². The van der Waals surface area contributed by atoms with Crippen molar-refractivity contribution in [3.8, 4) is 5.75 Å². The van der Waals surface area contributed by atoms with E-state index in [1.807, 2.05) is 0 Å². The van der Waals surface area contributed by atoms with Crippen molar-refractivity contribution in [3.05, 3.63) is 47.9 Å². The predicted octanol–water partition coefficient (Wildman–Crippen LogP) is 2.40. The maximum atomic E-state index is 12.9. The maximum absolute atomic E-state index is 12.9. The lowest BCUT2D eigenvalue weighted by Crippen LogP contribution is -2.18. The van der Waals surface area contributed by atoms with Gasteiger partial charge in [-0.2, -0.15) is 13.5 Å². The van der Waals surface area contributed by atoms with Crippen LogP contribution in [0, 0.1) is 11.7 Å². The molecule has 2 heterocycles. The number of sulfone groups is 1. The standard InChI is InChI=1S/C18H19FN2O5S.H2S/c1-25-16-4-3-14(27(23,24)11-12-6-7-26-10-12)8-15(16)18(22)21-17-5-2-13(19)9-20-17;/h2-5,8-9,12H,6-7,10-11H2,1H3,(H,20,21,22);1H2/t12-;/m0./s1. The molecule has 0 unspecified atom stereocenters. The third-order valence-electron chi connectivity index (χ3n) is 4.22. The number of benzene rings is 1. The molecule has 1 aromatic carbocycles. The average molecular weight is 429 g/mol. The zero-order valence-corrected chi connectivity index (χ0v) is 17.0. The number of aromatic nitrogens is 1. The molecule has 0 aliphatic carbocycles. The zero-order valence-electron chi connectivity index (χ0n) is 15.1. The number of carbonyl (C=O) groups is 1. The van der Waals surface area contributed by atoms with Gasteiger partial charge in [-0.3, -0.25) is 4.79 Å². The van der Waals surface area contributed by atoms with Crippen molar-refractivity contribution in [1.82, 2.24) is 4.98 Å². The first-order chi connectivity index (χ1) is 12.9. The van der Waals surface area contributed by atoms with Crippen LogP contribution in [0.3, 0.4) is 0 Å². The minimum absolute atomic E-state index is 0. The summed E-state index contributed by atoms with van der Waals surface area (Å²) in [6, 6.07) is 6.59. The van der Waals surface area contributed by atoms with Crippen LogP contribution in [0.1, 0.15) is 16.8 Å². The van der Waals surface area contributed by atoms with Crippen LogP contribution in [0.5, 0.6) is 5.75 Å². The number of rotatable bonds is 6. The van der Waals surface area contributed by atoms with E-state index in [4.69, 9.17) is 9.47 Å². The van der Waals surface area contributed by atoms with Crippen LogP contribution in [0.2, 0.25) is 0 Å². The first kappa shape index (κ1) is 22.1. The Balaban J connectivity index is 0.00000280. The molecule has 0 bridgehead atoms. The number of carbonyl (C=O) groups excluding carboxylic acids is 1. The van der Waals surface area contributed by atoms with Crippen LogP contribution in [0.25, 0.3) is 0 Å². The highest BCUT2D eigenvalue weighted by Gasteiger charge is 2.26. The highest BCUT2D eigenvalue weighted by atomic mass is 32.2. The molecule has 0 radical (unpaired) electrons. The number of anilines is 1. The van der Waals surface area contributed by atoms with Gasteiger partial charge in [0.2, 0.25) is 0 Å². The van der Waals surface area contributed by atoms with Gasteiger partial charge in [0.05, 0.1) is 36.1 Å². The fourth-order valence-electron chi connectivity index (χ4n) is 2.81. The van der Waals surface area contributed by atoms with E-state index in [-0.39, 0.29) is 47.2 Å². The second kappa shape index (κ2) is 9.35. The van der Waals surface area contributed by atoms with E-state index in [0.717, 1.165) is 12.3 Å². The molecule has 28 heavy (non-hydrogen) atoms. The van der Waals surface area contributed by atoms with E-state index in [1.165, 1.54) is 31.4 Å². The SMILES string of the molecule is COc1ccc(S(=O)(=O)C[C@H]2CCOC2)cc1C(=O)Nc1ccc(F)cn1.S. The number of pyridine rings is 1. The van der Waals surface area contributed by atoms with E-state index in [0.29, 0.717) is 19.6 Å². The Hall–Kier alpha value is -2.17. The molecule has 3 rings (SSSR count). The summed E-state index contributed by atoms with van der Waals surface area (Å²) < 4.78 is 48.7. The second-order valence-electron chi connectivity index (χ2n) is 6.19. The summed E-state index contributed by atoms with van der Waals surface area (Å²) in [7, 11) is -2.20. The van der Waals surface area contributed by atoms with Crippen molar-refractivity contribution in [1.29, 1.82) is 0 Å². The Bertz CT molecular complexity index is 929. The molecule has 1 aliphatic heterocycles. The van der Waals surface area contributed by atoms with Crippen LogP contribution >= 0.6 is 13.5 Å². The Morgan fingerprint density at radius 3 is 2.75 bits per heavy atom. The number of hydrogen-bond acceptors (Lipinski definition) is 6. The van der Waals surface area contributed by atoms with Gasteiger partial charge in [0.1, 0.15) is 17.4 Å². The lowest BCUT2D eigenvalue weighted by molar-refractivity contribution is 0.102. The van der Waals surface area contributed by atoms with E-state index < -0.39 is 21.6 Å². The van der Waals surface area contributed by atoms with Crippen molar-refractivity contribution >= 4 is 35.1 Å². The van der Waals surface area contributed by atoms with Crippen molar-refractivity contribution in [2.75, 3.05) is 31.4 Å². The fourth-order valence-corrected chi connectivity index (χ4v) is 4.46. The molecule has 1 saturated heterocycles. The van der Waals surface area contributed by atoms with Crippen LogP contribution in [0.4, 0.5) is 10.2 Å². The zero-order chi connectivity index (χ0) is 19.4. The Morgan fingerprint density at radius 2 is 2.14 bits per heavy atom. The molecule has 7 nitrogen and oxygen atoms in total. The monoisotopic (exact) mass is 428 g/mol. The third kappa shape index (κ3) is 5.21. The molecule has 1 atom stereocenters. The Kier molecular flexibility index (Phi) is 7.39. The smallest absolute Gasteiger partial charge is 0.260 e. The van der Waals surface area contributed by atoms with Gasteiger partial charge in [0.25, 0.3) is 5.91 Å². The number of nitrogens with zero attached hydrogens (tertiary/aromatic N) is 1. The highest BCUT2D eigenvalue weighted by Crippen LogP contribution is 2.26. The van der Waals surface area contributed by atoms with Crippen LogP contribution in [0.15, 0.2) is 41.4 Å². The largest absolute Gasteiger partial charge is 0.496 e. The normalized spacial score (nSPS) is 16.3. The first-order valence-electron chi connectivity index (χ1n) is 8.30. The molecule has 1 aromatic heterocycles. The molecule has 152 valence electrons. The molecule has 1 aliphatic rings. The number of nitrogens with one attached hydrogen (secondary N) is 1.